The van der Waals surface area contributed by atoms with E-state index in [0.29, 0.717) is 24.9 Å². The SMILES string of the molecule is Cc1ncnc(NCCOC2CCCCC2)c1F. The Morgan fingerprint density at radius 3 is 2.89 bits per heavy atom. The molecule has 0 radical (unpaired) electrons. The Labute approximate surface area is 107 Å². The van der Waals surface area contributed by atoms with Gasteiger partial charge in [-0.3, -0.25) is 0 Å². The van der Waals surface area contributed by atoms with Crippen LogP contribution in [0.3, 0.4) is 0 Å². The molecule has 4 nitrogen and oxygen atoms in total. The number of halogens is 1. The number of nitrogens with zero attached hydrogens (tertiary/aromatic N) is 2. The van der Waals surface area contributed by atoms with Crippen molar-refractivity contribution in [3.63, 3.8) is 0 Å². The highest BCUT2D eigenvalue weighted by Gasteiger charge is 2.13. The van der Waals surface area contributed by atoms with E-state index >= 15 is 0 Å². The third kappa shape index (κ3) is 3.63. The molecule has 1 aliphatic rings. The van der Waals surface area contributed by atoms with Gasteiger partial charge in [0, 0.05) is 6.54 Å². The summed E-state index contributed by atoms with van der Waals surface area (Å²) in [6.07, 6.45) is 7.90. The molecular formula is C13H20FN3O. The van der Waals surface area contributed by atoms with Crippen LogP contribution in [0, 0.1) is 12.7 Å². The molecule has 0 amide bonds. The summed E-state index contributed by atoms with van der Waals surface area (Å²) >= 11 is 0. The lowest BCUT2D eigenvalue weighted by molar-refractivity contribution is 0.0347. The lowest BCUT2D eigenvalue weighted by Gasteiger charge is -2.22. The van der Waals surface area contributed by atoms with Crippen LogP contribution in [-0.4, -0.2) is 29.2 Å². The normalized spacial score (nSPS) is 16.8. The molecule has 1 heterocycles. The zero-order chi connectivity index (χ0) is 12.8. The summed E-state index contributed by atoms with van der Waals surface area (Å²) in [5.41, 5.74) is 0.362. The van der Waals surface area contributed by atoms with E-state index in [4.69, 9.17) is 4.74 Å². The fourth-order valence-electron chi connectivity index (χ4n) is 2.21. The maximum Gasteiger partial charge on any atom is 0.186 e. The van der Waals surface area contributed by atoms with Crippen molar-refractivity contribution in [3.8, 4) is 0 Å². The van der Waals surface area contributed by atoms with Crippen LogP contribution < -0.4 is 5.32 Å². The third-order valence-corrected chi connectivity index (χ3v) is 3.26. The van der Waals surface area contributed by atoms with Gasteiger partial charge in [0.1, 0.15) is 6.33 Å². The van der Waals surface area contributed by atoms with Crippen LogP contribution >= 0.6 is 0 Å². The van der Waals surface area contributed by atoms with Gasteiger partial charge in [-0.25, -0.2) is 14.4 Å². The second-order valence-electron chi connectivity index (χ2n) is 4.68. The van der Waals surface area contributed by atoms with E-state index < -0.39 is 0 Å². The van der Waals surface area contributed by atoms with E-state index in [0.717, 1.165) is 12.8 Å². The van der Waals surface area contributed by atoms with Crippen LogP contribution in [0.1, 0.15) is 37.8 Å². The number of rotatable bonds is 5. The van der Waals surface area contributed by atoms with Gasteiger partial charge in [-0.2, -0.15) is 0 Å². The molecule has 1 aromatic rings. The molecule has 0 atom stereocenters. The molecular weight excluding hydrogens is 233 g/mol. The zero-order valence-corrected chi connectivity index (χ0v) is 10.8. The molecule has 2 rings (SSSR count). The van der Waals surface area contributed by atoms with E-state index in [-0.39, 0.29) is 11.6 Å². The largest absolute Gasteiger partial charge is 0.376 e. The maximum absolute atomic E-state index is 13.6. The molecule has 1 N–H and O–H groups in total. The van der Waals surface area contributed by atoms with Gasteiger partial charge >= 0.3 is 0 Å². The van der Waals surface area contributed by atoms with Gasteiger partial charge in [0.15, 0.2) is 11.6 Å². The second-order valence-corrected chi connectivity index (χ2v) is 4.68. The van der Waals surface area contributed by atoms with E-state index in [1.165, 1.54) is 25.6 Å². The van der Waals surface area contributed by atoms with Gasteiger partial charge < -0.3 is 10.1 Å². The number of anilines is 1. The number of hydrogen-bond acceptors (Lipinski definition) is 4. The standard InChI is InChI=1S/C13H20FN3O/c1-10-12(14)13(17-9-16-10)15-7-8-18-11-5-3-2-4-6-11/h9,11H,2-8H2,1H3,(H,15,16,17). The first kappa shape index (κ1) is 13.2. The van der Waals surface area contributed by atoms with Gasteiger partial charge in [0.05, 0.1) is 18.4 Å². The zero-order valence-electron chi connectivity index (χ0n) is 10.8. The van der Waals surface area contributed by atoms with E-state index in [1.807, 2.05) is 0 Å². The van der Waals surface area contributed by atoms with Crippen molar-refractivity contribution < 1.29 is 9.13 Å². The van der Waals surface area contributed by atoms with Gasteiger partial charge in [-0.15, -0.1) is 0 Å². The molecule has 1 aromatic heterocycles. The topological polar surface area (TPSA) is 47.0 Å². The Kier molecular flexibility index (Phi) is 4.87. The Hall–Kier alpha value is -1.23. The monoisotopic (exact) mass is 253 g/mol. The lowest BCUT2D eigenvalue weighted by Crippen LogP contribution is -2.21. The highest BCUT2D eigenvalue weighted by molar-refractivity contribution is 5.36. The molecule has 100 valence electrons. The Morgan fingerprint density at radius 1 is 1.33 bits per heavy atom. The summed E-state index contributed by atoms with van der Waals surface area (Å²) < 4.78 is 19.3. The lowest BCUT2D eigenvalue weighted by atomic mass is 9.98. The van der Waals surface area contributed by atoms with Crippen LogP contribution in [0.15, 0.2) is 6.33 Å². The fourth-order valence-corrected chi connectivity index (χ4v) is 2.21. The third-order valence-electron chi connectivity index (χ3n) is 3.26. The van der Waals surface area contributed by atoms with E-state index in [2.05, 4.69) is 15.3 Å². The van der Waals surface area contributed by atoms with E-state index in [1.54, 1.807) is 6.92 Å². The minimum atomic E-state index is -0.379. The van der Waals surface area contributed by atoms with Crippen molar-refractivity contribution in [3.05, 3.63) is 17.8 Å². The van der Waals surface area contributed by atoms with Gasteiger partial charge in [-0.05, 0) is 19.8 Å². The summed E-state index contributed by atoms with van der Waals surface area (Å²) in [5.74, 6) is -0.120. The molecule has 0 bridgehead atoms. The molecule has 18 heavy (non-hydrogen) atoms. The average molecular weight is 253 g/mol. The number of hydrogen-bond donors (Lipinski definition) is 1. The van der Waals surface area contributed by atoms with Gasteiger partial charge in [0.25, 0.3) is 0 Å². The molecule has 0 spiro atoms. The molecule has 1 saturated carbocycles. The summed E-state index contributed by atoms with van der Waals surface area (Å²) in [5, 5.41) is 2.94. The Bertz CT molecular complexity index is 380. The summed E-state index contributed by atoms with van der Waals surface area (Å²) in [4.78, 5) is 7.65. The fraction of sp³-hybridized carbons (Fsp3) is 0.692. The summed E-state index contributed by atoms with van der Waals surface area (Å²) in [7, 11) is 0. The van der Waals surface area contributed by atoms with Crippen LogP contribution in [0.5, 0.6) is 0 Å². The summed E-state index contributed by atoms with van der Waals surface area (Å²) in [6.45, 7) is 2.79. The molecule has 0 unspecified atom stereocenters. The van der Waals surface area contributed by atoms with Crippen molar-refractivity contribution in [2.75, 3.05) is 18.5 Å². The first-order chi connectivity index (χ1) is 8.77. The first-order valence-electron chi connectivity index (χ1n) is 6.60. The quantitative estimate of drug-likeness (QED) is 0.820. The average Bonchev–Trinajstić information content (AvgIpc) is 2.40. The van der Waals surface area contributed by atoms with Crippen molar-refractivity contribution in [1.29, 1.82) is 0 Å². The smallest absolute Gasteiger partial charge is 0.186 e. The molecule has 1 fully saturated rings. The van der Waals surface area contributed by atoms with Gasteiger partial charge in [-0.1, -0.05) is 19.3 Å². The highest BCUT2D eigenvalue weighted by Crippen LogP contribution is 2.20. The number of ether oxygens (including phenoxy) is 1. The Morgan fingerprint density at radius 2 is 2.11 bits per heavy atom. The predicted octanol–water partition coefficient (Wildman–Crippen LogP) is 2.69. The predicted molar refractivity (Wildman–Crippen MR) is 68.0 cm³/mol. The van der Waals surface area contributed by atoms with Crippen molar-refractivity contribution in [2.24, 2.45) is 0 Å². The number of aryl methyl sites for hydroxylation is 1. The molecule has 0 saturated heterocycles. The number of nitrogens with one attached hydrogen (secondary N) is 1. The first-order valence-corrected chi connectivity index (χ1v) is 6.60. The van der Waals surface area contributed by atoms with Crippen molar-refractivity contribution >= 4 is 5.82 Å². The van der Waals surface area contributed by atoms with E-state index in [9.17, 15) is 4.39 Å². The van der Waals surface area contributed by atoms with Crippen LogP contribution in [0.2, 0.25) is 0 Å². The van der Waals surface area contributed by atoms with Crippen LogP contribution in [0.4, 0.5) is 10.2 Å². The van der Waals surface area contributed by atoms with Crippen LogP contribution in [-0.2, 0) is 4.74 Å². The maximum atomic E-state index is 13.6. The van der Waals surface area contributed by atoms with Gasteiger partial charge in [0.2, 0.25) is 0 Å². The second kappa shape index (κ2) is 6.64. The molecule has 0 aliphatic heterocycles. The van der Waals surface area contributed by atoms with Crippen molar-refractivity contribution in [1.82, 2.24) is 9.97 Å². The number of aromatic nitrogens is 2. The summed E-state index contributed by atoms with van der Waals surface area (Å²) in [6, 6.07) is 0. The minimum Gasteiger partial charge on any atom is -0.376 e. The molecule has 0 aromatic carbocycles. The van der Waals surface area contributed by atoms with Crippen LogP contribution in [0.25, 0.3) is 0 Å². The van der Waals surface area contributed by atoms with Crippen molar-refractivity contribution in [2.45, 2.75) is 45.1 Å². The molecule has 5 heteroatoms. The molecule has 1 aliphatic carbocycles. The minimum absolute atomic E-state index is 0.259. The Balaban J connectivity index is 1.70. The highest BCUT2D eigenvalue weighted by atomic mass is 19.1.